The van der Waals surface area contributed by atoms with E-state index in [-0.39, 0.29) is 18.4 Å². The lowest BCUT2D eigenvalue weighted by Crippen LogP contribution is -2.36. The van der Waals surface area contributed by atoms with Gasteiger partial charge in [0.25, 0.3) is 0 Å². The Kier molecular flexibility index (Phi) is 7.54. The van der Waals surface area contributed by atoms with Crippen LogP contribution in [0.25, 0.3) is 5.73 Å². The third kappa shape index (κ3) is 5.70. The number of hydrogen-bond acceptors (Lipinski definition) is 3. The molecule has 2 N–H and O–H groups in total. The van der Waals surface area contributed by atoms with Gasteiger partial charge in [-0.05, 0) is 18.8 Å². The summed E-state index contributed by atoms with van der Waals surface area (Å²) >= 11 is 0. The van der Waals surface area contributed by atoms with Crippen molar-refractivity contribution in [1.29, 1.82) is 0 Å². The van der Waals surface area contributed by atoms with Crippen molar-refractivity contribution in [3.8, 4) is 0 Å². The lowest BCUT2D eigenvalue weighted by molar-refractivity contribution is -0.312. The Morgan fingerprint density at radius 3 is 2.50 bits per heavy atom. The first-order valence-corrected chi connectivity index (χ1v) is 5.66. The van der Waals surface area contributed by atoms with Gasteiger partial charge in [0, 0.05) is 18.4 Å². The zero-order valence-electron chi connectivity index (χ0n) is 9.91. The van der Waals surface area contributed by atoms with Gasteiger partial charge in [-0.1, -0.05) is 20.3 Å². The molecule has 16 heavy (non-hydrogen) atoms. The number of nitrogens with one attached hydrogen (secondary N) is 2. The number of rotatable bonds is 8. The Labute approximate surface area is 96.4 Å². The minimum absolute atomic E-state index is 0.145. The highest BCUT2D eigenvalue weighted by molar-refractivity contribution is 5.79. The molecule has 1 amide bonds. The number of aliphatic carboxylic acids is 1. The third-order valence-corrected chi connectivity index (χ3v) is 2.56. The molecule has 0 aromatic carbocycles. The van der Waals surface area contributed by atoms with Crippen LogP contribution in [0.15, 0.2) is 0 Å². The summed E-state index contributed by atoms with van der Waals surface area (Å²) < 4.78 is 0. The van der Waals surface area contributed by atoms with Crippen molar-refractivity contribution in [2.45, 2.75) is 33.1 Å². The molecule has 0 aromatic rings. The van der Waals surface area contributed by atoms with Gasteiger partial charge in [0.2, 0.25) is 5.91 Å². The van der Waals surface area contributed by atoms with E-state index in [0.29, 0.717) is 25.8 Å². The van der Waals surface area contributed by atoms with Crippen molar-refractivity contribution >= 4 is 11.9 Å². The predicted molar refractivity (Wildman–Crippen MR) is 59.4 cm³/mol. The Morgan fingerprint density at radius 2 is 2.06 bits per heavy atom. The standard InChI is InChI=1S/C11H21N2O3/c1-3-9(11(15)16)7-8(2)10(14)13-6-4-5-12/h8-9,12H,3-7H2,1-2H3,(H,13,14)(H,15,16)/q-1/p-1. The molecule has 2 atom stereocenters. The van der Waals surface area contributed by atoms with Gasteiger partial charge < -0.3 is 21.0 Å². The average Bonchev–Trinajstić information content (AvgIpc) is 2.25. The van der Waals surface area contributed by atoms with E-state index in [1.807, 2.05) is 0 Å². The normalized spacial score (nSPS) is 14.2. The molecule has 0 fully saturated rings. The van der Waals surface area contributed by atoms with E-state index in [1.165, 1.54) is 0 Å². The zero-order chi connectivity index (χ0) is 12.6. The third-order valence-electron chi connectivity index (χ3n) is 2.56. The summed E-state index contributed by atoms with van der Waals surface area (Å²) in [6.07, 6.45) is 1.41. The lowest BCUT2D eigenvalue weighted by Gasteiger charge is -2.20. The molecule has 5 heteroatoms. The number of carbonyl (C=O) groups excluding carboxylic acids is 2. The predicted octanol–water partition coefficient (Wildman–Crippen LogP) is 0.347. The summed E-state index contributed by atoms with van der Waals surface area (Å²) in [7, 11) is 0. The first-order valence-electron chi connectivity index (χ1n) is 5.66. The quantitative estimate of drug-likeness (QED) is 0.607. The van der Waals surface area contributed by atoms with E-state index >= 15 is 0 Å². The lowest BCUT2D eigenvalue weighted by atomic mass is 9.93. The molecule has 0 bridgehead atoms. The van der Waals surface area contributed by atoms with Crippen molar-refractivity contribution in [3.63, 3.8) is 0 Å². The van der Waals surface area contributed by atoms with Gasteiger partial charge in [0.15, 0.2) is 0 Å². The highest BCUT2D eigenvalue weighted by atomic mass is 16.4. The average molecular weight is 228 g/mol. The van der Waals surface area contributed by atoms with E-state index in [1.54, 1.807) is 13.8 Å². The fourth-order valence-electron chi connectivity index (χ4n) is 1.44. The molecule has 0 saturated carbocycles. The van der Waals surface area contributed by atoms with E-state index in [4.69, 9.17) is 5.73 Å². The molecule has 94 valence electrons. The number of carboxylic acids is 1. The van der Waals surface area contributed by atoms with Crippen LogP contribution in [0, 0.1) is 11.8 Å². The summed E-state index contributed by atoms with van der Waals surface area (Å²) in [5, 5.41) is 13.4. The van der Waals surface area contributed by atoms with Gasteiger partial charge in [-0.2, -0.15) is 0 Å². The van der Waals surface area contributed by atoms with Gasteiger partial charge in [0.1, 0.15) is 0 Å². The van der Waals surface area contributed by atoms with Gasteiger partial charge in [-0.25, -0.2) is 0 Å². The Hall–Kier alpha value is -1.10. The van der Waals surface area contributed by atoms with Gasteiger partial charge in [-0.15, -0.1) is 6.54 Å². The molecule has 2 unspecified atom stereocenters. The van der Waals surface area contributed by atoms with Gasteiger partial charge in [-0.3, -0.25) is 4.79 Å². The fourth-order valence-corrected chi connectivity index (χ4v) is 1.44. The van der Waals surface area contributed by atoms with Crippen LogP contribution >= 0.6 is 0 Å². The molecule has 0 rings (SSSR count). The molecule has 5 nitrogen and oxygen atoms in total. The van der Waals surface area contributed by atoms with Crippen molar-refractivity contribution in [3.05, 3.63) is 5.73 Å². The van der Waals surface area contributed by atoms with E-state index in [0.717, 1.165) is 0 Å². The second-order valence-corrected chi connectivity index (χ2v) is 3.96. The summed E-state index contributed by atoms with van der Waals surface area (Å²) in [5.74, 6) is -2.12. The second kappa shape index (κ2) is 8.10. The Bertz CT molecular complexity index is 231. The molecule has 0 saturated heterocycles. The Morgan fingerprint density at radius 1 is 1.44 bits per heavy atom. The van der Waals surface area contributed by atoms with Crippen LogP contribution in [0.1, 0.15) is 33.1 Å². The highest BCUT2D eigenvalue weighted by Crippen LogP contribution is 2.15. The van der Waals surface area contributed by atoms with Crippen molar-refractivity contribution < 1.29 is 14.7 Å². The van der Waals surface area contributed by atoms with E-state index in [9.17, 15) is 14.7 Å². The maximum absolute atomic E-state index is 11.5. The van der Waals surface area contributed by atoms with E-state index in [2.05, 4.69) is 5.32 Å². The number of amides is 1. The van der Waals surface area contributed by atoms with E-state index < -0.39 is 11.9 Å². The van der Waals surface area contributed by atoms with Crippen LogP contribution in [0.2, 0.25) is 0 Å². The minimum atomic E-state index is -1.09. The van der Waals surface area contributed by atoms with Crippen LogP contribution in [0.5, 0.6) is 0 Å². The molecule has 0 aliphatic carbocycles. The Balaban J connectivity index is 3.98. The van der Waals surface area contributed by atoms with Crippen molar-refractivity contribution in [2.24, 2.45) is 11.8 Å². The SMILES string of the molecule is CCC(CC(C)C(=O)NCCC[NH-])C(=O)[O-]. The zero-order valence-corrected chi connectivity index (χ0v) is 9.91. The summed E-state index contributed by atoms with van der Waals surface area (Å²) in [5.41, 5.74) is 6.92. The molecule has 0 heterocycles. The number of hydrogen-bond donors (Lipinski definition) is 1. The van der Waals surface area contributed by atoms with Crippen LogP contribution < -0.4 is 10.4 Å². The van der Waals surface area contributed by atoms with Crippen molar-refractivity contribution in [1.82, 2.24) is 5.32 Å². The summed E-state index contributed by atoms with van der Waals surface area (Å²) in [4.78, 5) is 22.2. The number of carboxylic acid groups (broad SMARTS) is 1. The van der Waals surface area contributed by atoms with Gasteiger partial charge in [0.05, 0.1) is 0 Å². The molecule has 0 radical (unpaired) electrons. The molecular formula is C11H20N2O3-2. The van der Waals surface area contributed by atoms with Crippen molar-refractivity contribution in [2.75, 3.05) is 13.1 Å². The molecule has 0 spiro atoms. The second-order valence-electron chi connectivity index (χ2n) is 3.96. The smallest absolute Gasteiger partial charge is 0.222 e. The molecule has 0 aliphatic heterocycles. The van der Waals surface area contributed by atoms with Crippen LogP contribution in [0.4, 0.5) is 0 Å². The minimum Gasteiger partial charge on any atom is -0.677 e. The first kappa shape index (κ1) is 14.9. The highest BCUT2D eigenvalue weighted by Gasteiger charge is 2.18. The fraction of sp³-hybridized carbons (Fsp3) is 0.818. The van der Waals surface area contributed by atoms with Gasteiger partial charge >= 0.3 is 0 Å². The largest absolute Gasteiger partial charge is 0.677 e. The molecular weight excluding hydrogens is 208 g/mol. The number of carbonyl (C=O) groups is 2. The maximum atomic E-state index is 11.5. The monoisotopic (exact) mass is 228 g/mol. The maximum Gasteiger partial charge on any atom is 0.222 e. The topological polar surface area (TPSA) is 93.0 Å². The summed E-state index contributed by atoms with van der Waals surface area (Å²) in [6, 6.07) is 0. The van der Waals surface area contributed by atoms with Crippen LogP contribution in [-0.4, -0.2) is 25.0 Å². The first-order chi connectivity index (χ1) is 7.52. The summed E-state index contributed by atoms with van der Waals surface area (Å²) in [6.45, 7) is 4.24. The van der Waals surface area contributed by atoms with Crippen LogP contribution in [-0.2, 0) is 9.59 Å². The van der Waals surface area contributed by atoms with Crippen LogP contribution in [0.3, 0.4) is 0 Å². The molecule has 0 aliphatic rings. The molecule has 0 aromatic heterocycles.